The van der Waals surface area contributed by atoms with E-state index in [1.165, 1.54) is 11.1 Å². The Morgan fingerprint density at radius 1 is 0.786 bits per heavy atom. The number of hydrogen-bond donors (Lipinski definition) is 0. The lowest BCUT2D eigenvalue weighted by atomic mass is 10.0. The number of hydrogen-bond acceptors (Lipinski definition) is 2. The predicted octanol–water partition coefficient (Wildman–Crippen LogP) is 6.49. The maximum atomic E-state index is 6.27. The predicted molar refractivity (Wildman–Crippen MR) is 116 cm³/mol. The molecule has 0 aliphatic rings. The highest BCUT2D eigenvalue weighted by Gasteiger charge is 2.18. The van der Waals surface area contributed by atoms with Gasteiger partial charge in [-0.3, -0.25) is 4.40 Å². The highest BCUT2D eigenvalue weighted by Crippen LogP contribution is 2.35. The normalized spacial score (nSPS) is 11.4. The smallest absolute Gasteiger partial charge is 0.148 e. The third-order valence-electron chi connectivity index (χ3n) is 5.07. The monoisotopic (exact) mass is 383 g/mol. The Kier molecular flexibility index (Phi) is 3.92. The Morgan fingerprint density at radius 3 is 2.11 bits per heavy atom. The molecule has 0 saturated carbocycles. The van der Waals surface area contributed by atoms with Crippen molar-refractivity contribution in [2.75, 3.05) is 0 Å². The highest BCUT2D eigenvalue weighted by atomic mass is 35.5. The maximum Gasteiger partial charge on any atom is 0.148 e. The Hall–Kier alpha value is -3.17. The van der Waals surface area contributed by atoms with Crippen molar-refractivity contribution in [3.8, 4) is 22.5 Å². The molecule has 0 spiro atoms. The molecule has 0 aliphatic heterocycles. The fourth-order valence-electron chi connectivity index (χ4n) is 3.55. The summed E-state index contributed by atoms with van der Waals surface area (Å²) in [6.07, 6.45) is 1.85. The van der Waals surface area contributed by atoms with Crippen LogP contribution in [0.2, 0.25) is 5.02 Å². The third-order valence-corrected chi connectivity index (χ3v) is 5.31. The number of rotatable bonds is 2. The highest BCUT2D eigenvalue weighted by molar-refractivity contribution is 6.31. The van der Waals surface area contributed by atoms with Gasteiger partial charge < -0.3 is 0 Å². The lowest BCUT2D eigenvalue weighted by Gasteiger charge is -2.07. The van der Waals surface area contributed by atoms with Crippen molar-refractivity contribution in [3.05, 3.63) is 89.2 Å². The van der Waals surface area contributed by atoms with Crippen LogP contribution in [0.1, 0.15) is 11.1 Å². The van der Waals surface area contributed by atoms with Crippen molar-refractivity contribution in [2.45, 2.75) is 13.8 Å². The molecule has 0 saturated heterocycles. The summed E-state index contributed by atoms with van der Waals surface area (Å²) >= 11 is 6.27. The van der Waals surface area contributed by atoms with E-state index in [0.717, 1.165) is 39.1 Å². The molecule has 136 valence electrons. The largest absolute Gasteiger partial charge is 0.282 e. The van der Waals surface area contributed by atoms with Crippen LogP contribution >= 0.6 is 11.6 Å². The Balaban J connectivity index is 1.89. The molecule has 5 rings (SSSR count). The molecule has 0 radical (unpaired) electrons. The summed E-state index contributed by atoms with van der Waals surface area (Å²) in [5, 5.41) is 1.63. The molecular weight excluding hydrogens is 366 g/mol. The minimum Gasteiger partial charge on any atom is -0.282 e. The fraction of sp³-hybridized carbons (Fsp3) is 0.0833. The second kappa shape index (κ2) is 6.47. The van der Waals surface area contributed by atoms with Crippen LogP contribution in [0, 0.1) is 13.8 Å². The summed E-state index contributed by atoms with van der Waals surface area (Å²) in [5.74, 6) is 0. The number of fused-ring (bicyclic) bond motifs is 3. The average molecular weight is 384 g/mol. The zero-order valence-electron chi connectivity index (χ0n) is 15.6. The van der Waals surface area contributed by atoms with Crippen molar-refractivity contribution >= 4 is 28.2 Å². The van der Waals surface area contributed by atoms with E-state index in [4.69, 9.17) is 16.6 Å². The van der Waals surface area contributed by atoms with Crippen LogP contribution in [0.15, 0.2) is 73.1 Å². The first-order valence-corrected chi connectivity index (χ1v) is 9.58. The van der Waals surface area contributed by atoms with Gasteiger partial charge in [0.2, 0.25) is 0 Å². The molecule has 3 aromatic carbocycles. The number of aromatic nitrogens is 3. The van der Waals surface area contributed by atoms with Crippen molar-refractivity contribution in [3.63, 3.8) is 0 Å². The zero-order valence-corrected chi connectivity index (χ0v) is 16.4. The third kappa shape index (κ3) is 2.76. The SMILES string of the molecule is Cc1ccc(-c2nc3c4cc(Cl)ccc4ncn3c2-c2ccc(C)cc2)cc1. The van der Waals surface area contributed by atoms with Crippen LogP contribution in [-0.2, 0) is 0 Å². The molecule has 0 aliphatic carbocycles. The minimum atomic E-state index is 0.680. The number of imidazole rings is 1. The van der Waals surface area contributed by atoms with Gasteiger partial charge in [-0.15, -0.1) is 0 Å². The van der Waals surface area contributed by atoms with Gasteiger partial charge in [0.05, 0.1) is 16.9 Å². The minimum absolute atomic E-state index is 0.680. The Labute approximate surface area is 168 Å². The quantitative estimate of drug-likeness (QED) is 0.349. The summed E-state index contributed by atoms with van der Waals surface area (Å²) in [5.41, 5.74) is 8.36. The van der Waals surface area contributed by atoms with Gasteiger partial charge in [-0.25, -0.2) is 9.97 Å². The van der Waals surface area contributed by atoms with Gasteiger partial charge in [0.15, 0.2) is 0 Å². The standard InChI is InChI=1S/C24H18ClN3/c1-15-3-7-17(8-4-15)22-23(18-9-5-16(2)6-10-18)28-14-26-21-12-11-19(25)13-20(21)24(28)27-22/h3-14H,1-2H3. The van der Waals surface area contributed by atoms with Gasteiger partial charge in [0, 0.05) is 21.5 Å². The van der Waals surface area contributed by atoms with E-state index in [0.29, 0.717) is 5.02 Å². The van der Waals surface area contributed by atoms with Gasteiger partial charge in [0.1, 0.15) is 12.0 Å². The molecule has 3 nitrogen and oxygen atoms in total. The summed E-state index contributed by atoms with van der Waals surface area (Å²) in [6, 6.07) is 22.7. The number of benzene rings is 3. The lowest BCUT2D eigenvalue weighted by molar-refractivity contribution is 1.12. The molecule has 0 N–H and O–H groups in total. The molecule has 4 heteroatoms. The first kappa shape index (κ1) is 17.0. The van der Waals surface area contributed by atoms with Crippen molar-refractivity contribution < 1.29 is 0 Å². The molecule has 0 amide bonds. The number of halogens is 1. The second-order valence-corrected chi connectivity index (χ2v) is 7.58. The molecule has 0 atom stereocenters. The fourth-order valence-corrected chi connectivity index (χ4v) is 3.73. The molecule has 0 unspecified atom stereocenters. The van der Waals surface area contributed by atoms with Crippen LogP contribution in [0.25, 0.3) is 39.1 Å². The first-order chi connectivity index (χ1) is 13.6. The van der Waals surface area contributed by atoms with Crippen molar-refractivity contribution in [1.82, 2.24) is 14.4 Å². The first-order valence-electron chi connectivity index (χ1n) is 9.20. The molecule has 0 bridgehead atoms. The van der Waals surface area contributed by atoms with Crippen molar-refractivity contribution in [2.24, 2.45) is 0 Å². The van der Waals surface area contributed by atoms with Gasteiger partial charge in [-0.05, 0) is 32.0 Å². The van der Waals surface area contributed by atoms with E-state index in [1.54, 1.807) is 0 Å². The summed E-state index contributed by atoms with van der Waals surface area (Å²) in [4.78, 5) is 9.68. The lowest BCUT2D eigenvalue weighted by Crippen LogP contribution is -1.93. The molecule has 5 aromatic rings. The van der Waals surface area contributed by atoms with Crippen LogP contribution < -0.4 is 0 Å². The van der Waals surface area contributed by atoms with Gasteiger partial charge >= 0.3 is 0 Å². The van der Waals surface area contributed by atoms with E-state index in [2.05, 4.69) is 71.8 Å². The number of aryl methyl sites for hydroxylation is 2. The zero-order chi connectivity index (χ0) is 19.3. The van der Waals surface area contributed by atoms with E-state index >= 15 is 0 Å². The van der Waals surface area contributed by atoms with Gasteiger partial charge in [0.25, 0.3) is 0 Å². The maximum absolute atomic E-state index is 6.27. The van der Waals surface area contributed by atoms with E-state index in [1.807, 2.05) is 24.5 Å². The van der Waals surface area contributed by atoms with Gasteiger partial charge in [-0.1, -0.05) is 71.3 Å². The van der Waals surface area contributed by atoms with E-state index in [-0.39, 0.29) is 0 Å². The summed E-state index contributed by atoms with van der Waals surface area (Å²) in [6.45, 7) is 4.18. The molecule has 2 aromatic heterocycles. The molecule has 0 fully saturated rings. The summed E-state index contributed by atoms with van der Waals surface area (Å²) < 4.78 is 2.07. The van der Waals surface area contributed by atoms with E-state index in [9.17, 15) is 0 Å². The van der Waals surface area contributed by atoms with Crippen LogP contribution in [0.5, 0.6) is 0 Å². The topological polar surface area (TPSA) is 30.2 Å². The number of nitrogens with zero attached hydrogens (tertiary/aromatic N) is 3. The second-order valence-electron chi connectivity index (χ2n) is 7.14. The van der Waals surface area contributed by atoms with Gasteiger partial charge in [-0.2, -0.15) is 0 Å². The van der Waals surface area contributed by atoms with Crippen LogP contribution in [-0.4, -0.2) is 14.4 Å². The van der Waals surface area contributed by atoms with Crippen LogP contribution in [0.4, 0.5) is 0 Å². The van der Waals surface area contributed by atoms with E-state index < -0.39 is 0 Å². The molecule has 28 heavy (non-hydrogen) atoms. The molecule has 2 heterocycles. The average Bonchev–Trinajstić information content (AvgIpc) is 3.09. The Bertz CT molecular complexity index is 1320. The Morgan fingerprint density at radius 2 is 1.43 bits per heavy atom. The van der Waals surface area contributed by atoms with Crippen molar-refractivity contribution in [1.29, 1.82) is 0 Å². The molecular formula is C24H18ClN3. The summed E-state index contributed by atoms with van der Waals surface area (Å²) in [7, 11) is 0. The van der Waals surface area contributed by atoms with Crippen LogP contribution in [0.3, 0.4) is 0 Å².